The van der Waals surface area contributed by atoms with Crippen molar-refractivity contribution in [1.29, 1.82) is 0 Å². The highest BCUT2D eigenvalue weighted by Gasteiger charge is 2.31. The minimum Gasteiger partial charge on any atom is -0.295 e. The largest absolute Gasteiger partial charge is 0.405 e. The first-order chi connectivity index (χ1) is 5.74. The Balaban J connectivity index is 3.98. The molecule has 0 spiro atoms. The second kappa shape index (κ2) is 5.23. The molecule has 0 radical (unpaired) electrons. The molecule has 0 aliphatic heterocycles. The monoisotopic (exact) mass is 210 g/mol. The van der Waals surface area contributed by atoms with Crippen molar-refractivity contribution < 1.29 is 14.7 Å². The molecule has 0 bridgehead atoms. The third-order valence-corrected chi connectivity index (χ3v) is 2.78. The Morgan fingerprint density at radius 3 is 1.62 bits per heavy atom. The van der Waals surface area contributed by atoms with Crippen LogP contribution in [0.5, 0.6) is 0 Å². The Morgan fingerprint density at radius 2 is 1.38 bits per heavy atom. The molecule has 5 heteroatoms. The van der Waals surface area contributed by atoms with Gasteiger partial charge in [0, 0.05) is 18.6 Å². The summed E-state index contributed by atoms with van der Waals surface area (Å²) in [6, 6.07) is 0.707. The van der Waals surface area contributed by atoms with Crippen LogP contribution in [0.15, 0.2) is 0 Å². The molecule has 0 rings (SSSR count). The van der Waals surface area contributed by atoms with Crippen molar-refractivity contribution in [3.8, 4) is 0 Å². The molecule has 4 nitrogen and oxygen atoms in total. The average molecular weight is 210 g/mol. The zero-order chi connectivity index (χ0) is 10.6. The summed E-state index contributed by atoms with van der Waals surface area (Å²) in [6.45, 7) is 8.71. The van der Waals surface area contributed by atoms with Crippen LogP contribution in [0.25, 0.3) is 0 Å². The zero-order valence-corrected chi connectivity index (χ0v) is 9.70. The molecule has 0 aromatic carbocycles. The Hall–Kier alpha value is 0.270. The summed E-state index contributed by atoms with van der Waals surface area (Å²) in [5.41, 5.74) is 0. The summed E-state index contributed by atoms with van der Waals surface area (Å²) < 4.78 is 0. The van der Waals surface area contributed by atoms with Crippen LogP contribution in [0.1, 0.15) is 27.7 Å². The minimum atomic E-state index is -3.59. The first kappa shape index (κ1) is 13.3. The molecule has 80 valence electrons. The molecule has 0 saturated carbocycles. The number of hydrogen-bond acceptors (Lipinski definition) is 4. The van der Waals surface area contributed by atoms with Crippen LogP contribution in [0, 0.1) is 0 Å². The van der Waals surface area contributed by atoms with Crippen LogP contribution in [0.4, 0.5) is 0 Å². The fourth-order valence-corrected chi connectivity index (χ4v) is 1.86. The summed E-state index contributed by atoms with van der Waals surface area (Å²) >= 11 is 0. The van der Waals surface area contributed by atoms with Crippen LogP contribution >= 0.6 is 7.94 Å². The molecule has 0 amide bonds. The van der Waals surface area contributed by atoms with E-state index in [0.29, 0.717) is 18.6 Å². The van der Waals surface area contributed by atoms with E-state index in [1.54, 1.807) is 0 Å². The van der Waals surface area contributed by atoms with Gasteiger partial charge in [0.05, 0.1) is 0 Å². The Labute approximate surface area is 80.8 Å². The van der Waals surface area contributed by atoms with Crippen molar-refractivity contribution in [3.05, 3.63) is 0 Å². The van der Waals surface area contributed by atoms with E-state index in [1.165, 1.54) is 0 Å². The first-order valence-electron chi connectivity index (χ1n) is 4.56. The molecule has 0 aromatic heterocycles. The van der Waals surface area contributed by atoms with Crippen molar-refractivity contribution in [3.63, 3.8) is 0 Å². The van der Waals surface area contributed by atoms with Crippen LogP contribution in [0.2, 0.25) is 0 Å². The summed E-state index contributed by atoms with van der Waals surface area (Å²) in [5.74, 6) is 0. The molecule has 0 unspecified atom stereocenters. The maximum atomic E-state index is 8.83. The van der Waals surface area contributed by atoms with Crippen LogP contribution < -0.4 is 0 Å². The third kappa shape index (κ3) is 6.36. The number of hydrogen-bond donors (Lipinski definition) is 3. The third-order valence-electron chi connectivity index (χ3n) is 1.98. The molecule has 0 atom stereocenters. The van der Waals surface area contributed by atoms with Crippen molar-refractivity contribution in [2.45, 2.75) is 39.8 Å². The van der Waals surface area contributed by atoms with Gasteiger partial charge in [-0.2, -0.15) is 14.7 Å². The first-order valence-corrected chi connectivity index (χ1v) is 6.39. The van der Waals surface area contributed by atoms with Gasteiger partial charge >= 0.3 is 7.94 Å². The Morgan fingerprint density at radius 1 is 1.00 bits per heavy atom. The van der Waals surface area contributed by atoms with E-state index < -0.39 is 7.94 Å². The molecular weight excluding hydrogens is 189 g/mol. The standard InChI is InChI=1S/C8H21NO3P/c1-7(2)9(8(3)4)5-6-13(10,11)12/h7-8,10-12H,5-6H2,1-4H3/q+1. The lowest BCUT2D eigenvalue weighted by Crippen LogP contribution is -2.39. The van der Waals surface area contributed by atoms with Crippen molar-refractivity contribution in [1.82, 2.24) is 4.90 Å². The van der Waals surface area contributed by atoms with Gasteiger partial charge in [0.1, 0.15) is 0 Å². The highest BCUT2D eigenvalue weighted by atomic mass is 31.2. The lowest BCUT2D eigenvalue weighted by atomic mass is 10.2. The molecule has 0 saturated heterocycles. The van der Waals surface area contributed by atoms with E-state index >= 15 is 0 Å². The molecule has 0 fully saturated rings. The van der Waals surface area contributed by atoms with Crippen molar-refractivity contribution >= 4 is 7.94 Å². The SMILES string of the molecule is CC(C)N(CC[P+](O)(O)O)C(C)C. The maximum Gasteiger partial charge on any atom is 0.405 e. The topological polar surface area (TPSA) is 63.9 Å². The molecule has 0 heterocycles. The Bertz CT molecular complexity index is 137. The molecule has 0 aromatic rings. The lowest BCUT2D eigenvalue weighted by molar-refractivity contribution is 0.181. The Kier molecular flexibility index (Phi) is 5.33. The van der Waals surface area contributed by atoms with Gasteiger partial charge in [-0.3, -0.25) is 4.90 Å². The van der Waals surface area contributed by atoms with Crippen LogP contribution in [0.3, 0.4) is 0 Å². The second-order valence-electron chi connectivity index (χ2n) is 3.84. The van der Waals surface area contributed by atoms with Crippen LogP contribution in [-0.4, -0.2) is 44.4 Å². The van der Waals surface area contributed by atoms with E-state index in [0.717, 1.165) is 0 Å². The fraction of sp³-hybridized carbons (Fsp3) is 1.00. The molecule has 0 aliphatic carbocycles. The normalized spacial score (nSPS) is 13.4. The van der Waals surface area contributed by atoms with Crippen molar-refractivity contribution in [2.75, 3.05) is 12.7 Å². The van der Waals surface area contributed by atoms with E-state index in [1.807, 2.05) is 27.7 Å². The van der Waals surface area contributed by atoms with Gasteiger partial charge in [-0.25, -0.2) is 0 Å². The van der Waals surface area contributed by atoms with Crippen molar-refractivity contribution in [2.24, 2.45) is 0 Å². The highest BCUT2D eigenvalue weighted by Crippen LogP contribution is 2.43. The van der Waals surface area contributed by atoms with Gasteiger partial charge in [-0.05, 0) is 27.7 Å². The average Bonchev–Trinajstić information content (AvgIpc) is 1.82. The maximum absolute atomic E-state index is 8.83. The summed E-state index contributed by atoms with van der Waals surface area (Å²) in [4.78, 5) is 28.6. The van der Waals surface area contributed by atoms with Gasteiger partial charge < -0.3 is 0 Å². The van der Waals surface area contributed by atoms with Crippen LogP contribution in [-0.2, 0) is 0 Å². The minimum absolute atomic E-state index is 0.0589. The molecule has 3 N–H and O–H groups in total. The van der Waals surface area contributed by atoms with E-state index in [2.05, 4.69) is 4.90 Å². The molecular formula is C8H21NO3P+. The highest BCUT2D eigenvalue weighted by molar-refractivity contribution is 7.58. The summed E-state index contributed by atoms with van der Waals surface area (Å²) in [6.07, 6.45) is 0.0589. The van der Waals surface area contributed by atoms with Gasteiger partial charge in [-0.1, -0.05) is 0 Å². The van der Waals surface area contributed by atoms with E-state index in [9.17, 15) is 0 Å². The van der Waals surface area contributed by atoms with Gasteiger partial charge in [-0.15, -0.1) is 0 Å². The number of rotatable bonds is 5. The quantitative estimate of drug-likeness (QED) is 0.588. The van der Waals surface area contributed by atoms with Gasteiger partial charge in [0.25, 0.3) is 0 Å². The van der Waals surface area contributed by atoms with E-state index in [4.69, 9.17) is 14.7 Å². The molecule has 13 heavy (non-hydrogen) atoms. The van der Waals surface area contributed by atoms with Gasteiger partial charge in [0.2, 0.25) is 0 Å². The van der Waals surface area contributed by atoms with Gasteiger partial charge in [0.15, 0.2) is 6.16 Å². The van der Waals surface area contributed by atoms with E-state index in [-0.39, 0.29) is 6.16 Å². The summed E-state index contributed by atoms with van der Waals surface area (Å²) in [7, 11) is -3.59. The smallest absolute Gasteiger partial charge is 0.295 e. The fourth-order valence-electron chi connectivity index (χ4n) is 1.36. The second-order valence-corrected chi connectivity index (χ2v) is 5.67. The number of nitrogens with zero attached hydrogens (tertiary/aromatic N) is 1. The zero-order valence-electron chi connectivity index (χ0n) is 8.80. The molecule has 0 aliphatic rings. The lowest BCUT2D eigenvalue weighted by Gasteiger charge is -2.29. The predicted octanol–water partition coefficient (Wildman–Crippen LogP) is 0.845. The summed E-state index contributed by atoms with van der Waals surface area (Å²) in [5, 5.41) is 0. The predicted molar refractivity (Wildman–Crippen MR) is 55.4 cm³/mol.